The molecule has 1 aliphatic rings. The smallest absolute Gasteiger partial charge is 0.119 e. The van der Waals surface area contributed by atoms with E-state index in [9.17, 15) is 0 Å². The van der Waals surface area contributed by atoms with Crippen LogP contribution in [0.4, 0.5) is 0 Å². The fourth-order valence-electron chi connectivity index (χ4n) is 3.35. The van der Waals surface area contributed by atoms with Crippen molar-refractivity contribution in [1.29, 1.82) is 0 Å². The van der Waals surface area contributed by atoms with Gasteiger partial charge in [0.2, 0.25) is 0 Å². The molecule has 3 nitrogen and oxygen atoms in total. The molecule has 21 heavy (non-hydrogen) atoms. The van der Waals surface area contributed by atoms with Gasteiger partial charge in [-0.1, -0.05) is 6.92 Å². The Hall–Kier alpha value is -1.48. The zero-order valence-electron chi connectivity index (χ0n) is 13.1. The SMILES string of the molecule is COc1ccc2c(ccn2CCNC2CCC(C)CC2)c1. The standard InChI is InChI=1S/C18H26N2O/c1-14-3-5-16(6-4-14)19-10-12-20-11-9-15-13-17(21-2)7-8-18(15)20/h7-9,11,13-14,16,19H,3-6,10,12H2,1-2H3. The first-order chi connectivity index (χ1) is 10.3. The minimum Gasteiger partial charge on any atom is -0.497 e. The Kier molecular flexibility index (Phi) is 4.49. The third kappa shape index (κ3) is 3.41. The number of hydrogen-bond acceptors (Lipinski definition) is 2. The van der Waals surface area contributed by atoms with Crippen molar-refractivity contribution in [2.24, 2.45) is 5.92 Å². The number of benzene rings is 1. The molecule has 1 aromatic carbocycles. The number of methoxy groups -OCH3 is 1. The fourth-order valence-corrected chi connectivity index (χ4v) is 3.35. The molecule has 114 valence electrons. The molecule has 2 aromatic rings. The minimum absolute atomic E-state index is 0.725. The van der Waals surface area contributed by atoms with Crippen LogP contribution in [0.25, 0.3) is 10.9 Å². The summed E-state index contributed by atoms with van der Waals surface area (Å²) in [4.78, 5) is 0. The van der Waals surface area contributed by atoms with Crippen LogP contribution in [0.3, 0.4) is 0 Å². The summed E-state index contributed by atoms with van der Waals surface area (Å²) in [5.41, 5.74) is 1.29. The lowest BCUT2D eigenvalue weighted by molar-refractivity contribution is 0.305. The summed E-state index contributed by atoms with van der Waals surface area (Å²) < 4.78 is 7.61. The van der Waals surface area contributed by atoms with Crippen LogP contribution in [-0.2, 0) is 6.54 Å². The van der Waals surface area contributed by atoms with Gasteiger partial charge in [-0.25, -0.2) is 0 Å². The van der Waals surface area contributed by atoms with Crippen molar-refractivity contribution in [2.45, 2.75) is 45.2 Å². The number of fused-ring (bicyclic) bond motifs is 1. The molecule has 1 heterocycles. The van der Waals surface area contributed by atoms with Crippen LogP contribution in [-0.4, -0.2) is 24.3 Å². The molecular weight excluding hydrogens is 260 g/mol. The van der Waals surface area contributed by atoms with Crippen LogP contribution in [0.1, 0.15) is 32.6 Å². The van der Waals surface area contributed by atoms with E-state index < -0.39 is 0 Å². The monoisotopic (exact) mass is 286 g/mol. The van der Waals surface area contributed by atoms with Gasteiger partial charge in [0.15, 0.2) is 0 Å². The van der Waals surface area contributed by atoms with Crippen molar-refractivity contribution >= 4 is 10.9 Å². The lowest BCUT2D eigenvalue weighted by atomic mass is 9.87. The molecule has 0 bridgehead atoms. The van der Waals surface area contributed by atoms with Gasteiger partial charge in [-0.3, -0.25) is 0 Å². The molecule has 0 unspecified atom stereocenters. The van der Waals surface area contributed by atoms with E-state index in [0.29, 0.717) is 0 Å². The fraction of sp³-hybridized carbons (Fsp3) is 0.556. The van der Waals surface area contributed by atoms with Gasteiger partial charge < -0.3 is 14.6 Å². The van der Waals surface area contributed by atoms with Crippen LogP contribution < -0.4 is 10.1 Å². The third-order valence-electron chi connectivity index (χ3n) is 4.78. The second-order valence-electron chi connectivity index (χ2n) is 6.34. The number of hydrogen-bond donors (Lipinski definition) is 1. The van der Waals surface area contributed by atoms with Crippen molar-refractivity contribution in [2.75, 3.05) is 13.7 Å². The Bertz CT molecular complexity index is 582. The highest BCUT2D eigenvalue weighted by Crippen LogP contribution is 2.24. The second-order valence-corrected chi connectivity index (χ2v) is 6.34. The highest BCUT2D eigenvalue weighted by atomic mass is 16.5. The van der Waals surface area contributed by atoms with Crippen molar-refractivity contribution in [3.63, 3.8) is 0 Å². The van der Waals surface area contributed by atoms with Crippen LogP contribution in [0.15, 0.2) is 30.5 Å². The summed E-state index contributed by atoms with van der Waals surface area (Å²) in [7, 11) is 1.72. The molecule has 0 amide bonds. The molecule has 1 N–H and O–H groups in total. The van der Waals surface area contributed by atoms with E-state index >= 15 is 0 Å². The van der Waals surface area contributed by atoms with E-state index in [1.807, 2.05) is 6.07 Å². The molecule has 0 saturated heterocycles. The van der Waals surface area contributed by atoms with E-state index in [-0.39, 0.29) is 0 Å². The molecule has 0 atom stereocenters. The van der Waals surface area contributed by atoms with E-state index in [1.54, 1.807) is 7.11 Å². The number of rotatable bonds is 5. The normalized spacial score (nSPS) is 22.6. The molecular formula is C18H26N2O. The molecule has 1 fully saturated rings. The van der Waals surface area contributed by atoms with Crippen molar-refractivity contribution in [3.05, 3.63) is 30.5 Å². The summed E-state index contributed by atoms with van der Waals surface area (Å²) in [6, 6.07) is 9.18. The average molecular weight is 286 g/mol. The predicted molar refractivity (Wildman–Crippen MR) is 87.9 cm³/mol. The Morgan fingerprint density at radius 2 is 2.00 bits per heavy atom. The van der Waals surface area contributed by atoms with Crippen molar-refractivity contribution < 1.29 is 4.74 Å². The van der Waals surface area contributed by atoms with Crippen LogP contribution in [0, 0.1) is 5.92 Å². The van der Waals surface area contributed by atoms with E-state index in [1.165, 1.54) is 36.6 Å². The summed E-state index contributed by atoms with van der Waals surface area (Å²) in [6.45, 7) is 4.45. The van der Waals surface area contributed by atoms with Gasteiger partial charge >= 0.3 is 0 Å². The van der Waals surface area contributed by atoms with Gasteiger partial charge in [-0.2, -0.15) is 0 Å². The van der Waals surface area contributed by atoms with E-state index in [4.69, 9.17) is 4.74 Å². The summed E-state index contributed by atoms with van der Waals surface area (Å²) in [5.74, 6) is 1.85. The van der Waals surface area contributed by atoms with E-state index in [2.05, 4.69) is 41.2 Å². The molecule has 1 aromatic heterocycles. The van der Waals surface area contributed by atoms with Crippen LogP contribution >= 0.6 is 0 Å². The maximum absolute atomic E-state index is 5.28. The topological polar surface area (TPSA) is 26.2 Å². The highest BCUT2D eigenvalue weighted by Gasteiger charge is 2.17. The highest BCUT2D eigenvalue weighted by molar-refractivity contribution is 5.81. The molecule has 3 rings (SSSR count). The summed E-state index contributed by atoms with van der Waals surface area (Å²) in [6.07, 6.45) is 7.61. The molecule has 0 spiro atoms. The first-order valence-corrected chi connectivity index (χ1v) is 8.12. The Morgan fingerprint density at radius 3 is 2.76 bits per heavy atom. The molecule has 0 radical (unpaired) electrons. The lowest BCUT2D eigenvalue weighted by Gasteiger charge is -2.27. The molecule has 0 aliphatic heterocycles. The van der Waals surface area contributed by atoms with Gasteiger partial charge in [0.05, 0.1) is 7.11 Å². The van der Waals surface area contributed by atoms with Crippen LogP contribution in [0.2, 0.25) is 0 Å². The van der Waals surface area contributed by atoms with Crippen LogP contribution in [0.5, 0.6) is 5.75 Å². The summed E-state index contributed by atoms with van der Waals surface area (Å²) in [5, 5.41) is 4.97. The molecule has 1 aliphatic carbocycles. The first kappa shape index (κ1) is 14.5. The first-order valence-electron chi connectivity index (χ1n) is 8.12. The lowest BCUT2D eigenvalue weighted by Crippen LogP contribution is -2.34. The van der Waals surface area contributed by atoms with Crippen molar-refractivity contribution in [3.8, 4) is 5.75 Å². The zero-order chi connectivity index (χ0) is 14.7. The summed E-state index contributed by atoms with van der Waals surface area (Å²) >= 11 is 0. The zero-order valence-corrected chi connectivity index (χ0v) is 13.1. The molecule has 3 heteroatoms. The maximum atomic E-state index is 5.28. The average Bonchev–Trinajstić information content (AvgIpc) is 2.91. The van der Waals surface area contributed by atoms with Gasteiger partial charge in [-0.05, 0) is 55.9 Å². The predicted octanol–water partition coefficient (Wildman–Crippen LogP) is 3.82. The minimum atomic E-state index is 0.725. The molecule has 1 saturated carbocycles. The Morgan fingerprint density at radius 1 is 1.19 bits per heavy atom. The van der Waals surface area contributed by atoms with Gasteiger partial charge in [0.25, 0.3) is 0 Å². The van der Waals surface area contributed by atoms with E-state index in [0.717, 1.165) is 30.8 Å². The second kappa shape index (κ2) is 6.52. The van der Waals surface area contributed by atoms with Gasteiger partial charge in [-0.15, -0.1) is 0 Å². The quantitative estimate of drug-likeness (QED) is 0.904. The Balaban J connectivity index is 1.56. The van der Waals surface area contributed by atoms with Gasteiger partial charge in [0.1, 0.15) is 5.75 Å². The van der Waals surface area contributed by atoms with Crippen molar-refractivity contribution in [1.82, 2.24) is 9.88 Å². The largest absolute Gasteiger partial charge is 0.497 e. The number of nitrogens with zero attached hydrogens (tertiary/aromatic N) is 1. The number of ether oxygens (including phenoxy) is 1. The third-order valence-corrected chi connectivity index (χ3v) is 4.78. The Labute approximate surface area is 127 Å². The van der Waals surface area contributed by atoms with Gasteiger partial charge in [0, 0.05) is 36.2 Å². The number of nitrogens with one attached hydrogen (secondary N) is 1. The number of aromatic nitrogens is 1. The maximum Gasteiger partial charge on any atom is 0.119 e.